The number of nitrogens with zero attached hydrogens (tertiary/aromatic N) is 1. The Labute approximate surface area is 97.2 Å². The fraction of sp³-hybridized carbons (Fsp3) is 0.545. The maximum absolute atomic E-state index is 12.7. The van der Waals surface area contributed by atoms with Gasteiger partial charge in [0.25, 0.3) is 0 Å². The first-order chi connectivity index (χ1) is 7.79. The zero-order valence-corrected chi connectivity index (χ0v) is 9.58. The first-order valence-electron chi connectivity index (χ1n) is 5.02. The van der Waals surface area contributed by atoms with Gasteiger partial charge >= 0.3 is 6.18 Å². The molecular formula is C11H14F3NO2. The number of hydrogen-bond acceptors (Lipinski definition) is 3. The first-order valence-corrected chi connectivity index (χ1v) is 5.02. The van der Waals surface area contributed by atoms with E-state index in [9.17, 15) is 18.3 Å². The predicted molar refractivity (Wildman–Crippen MR) is 55.3 cm³/mol. The average Bonchev–Trinajstić information content (AvgIpc) is 2.25. The highest BCUT2D eigenvalue weighted by Gasteiger charge is 2.38. The minimum atomic E-state index is -4.50. The van der Waals surface area contributed by atoms with Gasteiger partial charge in [0.05, 0.1) is 11.2 Å². The Morgan fingerprint density at radius 1 is 1.35 bits per heavy atom. The van der Waals surface area contributed by atoms with Gasteiger partial charge in [-0.05, 0) is 13.0 Å². The molecule has 0 amide bonds. The van der Waals surface area contributed by atoms with Crippen molar-refractivity contribution in [1.82, 2.24) is 4.98 Å². The van der Waals surface area contributed by atoms with Gasteiger partial charge in [-0.2, -0.15) is 13.2 Å². The molecule has 0 aliphatic rings. The van der Waals surface area contributed by atoms with Gasteiger partial charge in [0.1, 0.15) is 0 Å². The summed E-state index contributed by atoms with van der Waals surface area (Å²) < 4.78 is 43.0. The van der Waals surface area contributed by atoms with Crippen molar-refractivity contribution in [1.29, 1.82) is 0 Å². The molecule has 3 nitrogen and oxygen atoms in total. The van der Waals surface area contributed by atoms with Gasteiger partial charge in [-0.15, -0.1) is 0 Å². The molecule has 1 aromatic heterocycles. The minimum Gasteiger partial charge on any atom is -0.385 e. The molecule has 0 fully saturated rings. The van der Waals surface area contributed by atoms with Crippen molar-refractivity contribution < 1.29 is 23.0 Å². The van der Waals surface area contributed by atoms with Crippen molar-refractivity contribution in [3.05, 3.63) is 29.6 Å². The third-order valence-electron chi connectivity index (χ3n) is 2.50. The molecule has 0 saturated heterocycles. The van der Waals surface area contributed by atoms with Crippen LogP contribution in [-0.2, 0) is 16.5 Å². The van der Waals surface area contributed by atoms with Crippen LogP contribution in [0, 0.1) is 0 Å². The van der Waals surface area contributed by atoms with Crippen molar-refractivity contribution in [2.75, 3.05) is 13.7 Å². The lowest BCUT2D eigenvalue weighted by Gasteiger charge is -2.26. The van der Waals surface area contributed by atoms with Crippen LogP contribution in [0.1, 0.15) is 24.5 Å². The van der Waals surface area contributed by atoms with Crippen LogP contribution in [0.3, 0.4) is 0 Å². The summed E-state index contributed by atoms with van der Waals surface area (Å²) in [5, 5.41) is 10.0. The molecule has 0 aromatic carbocycles. The Morgan fingerprint density at radius 3 is 2.53 bits per heavy atom. The van der Waals surface area contributed by atoms with E-state index in [-0.39, 0.29) is 18.6 Å². The number of aromatic nitrogens is 1. The Kier molecular flexibility index (Phi) is 4.11. The number of pyridine rings is 1. The molecule has 6 heteroatoms. The Morgan fingerprint density at radius 2 is 2.00 bits per heavy atom. The maximum Gasteiger partial charge on any atom is 0.416 e. The lowest BCUT2D eigenvalue weighted by atomic mass is 9.90. The Hall–Kier alpha value is -1.14. The molecule has 1 aromatic rings. The van der Waals surface area contributed by atoms with Gasteiger partial charge in [-0.1, -0.05) is 0 Å². The van der Waals surface area contributed by atoms with Crippen LogP contribution < -0.4 is 0 Å². The molecule has 1 heterocycles. The smallest absolute Gasteiger partial charge is 0.385 e. The van der Waals surface area contributed by atoms with Crippen molar-refractivity contribution >= 4 is 0 Å². The summed E-state index contributed by atoms with van der Waals surface area (Å²) in [6.07, 6.45) is -2.34. The lowest BCUT2D eigenvalue weighted by molar-refractivity contribution is -0.140. The Balaban J connectivity index is 3.13. The van der Waals surface area contributed by atoms with Crippen LogP contribution in [0.15, 0.2) is 18.5 Å². The molecular weight excluding hydrogens is 235 g/mol. The number of alkyl halides is 3. The van der Waals surface area contributed by atoms with Crippen LogP contribution in [-0.4, -0.2) is 23.8 Å². The average molecular weight is 249 g/mol. The second-order valence-electron chi connectivity index (χ2n) is 3.94. The fourth-order valence-electron chi connectivity index (χ4n) is 1.51. The highest BCUT2D eigenvalue weighted by molar-refractivity contribution is 5.31. The molecule has 1 atom stereocenters. The van der Waals surface area contributed by atoms with E-state index in [1.54, 1.807) is 0 Å². The standard InChI is InChI=1S/C11H14F3NO2/c1-10(16,4-6-17-2)9-7-15-5-3-8(9)11(12,13)14/h3,5,7,16H,4,6H2,1-2H3. The van der Waals surface area contributed by atoms with Gasteiger partial charge in [0.15, 0.2) is 0 Å². The van der Waals surface area contributed by atoms with Crippen LogP contribution in [0.25, 0.3) is 0 Å². The number of hydrogen-bond donors (Lipinski definition) is 1. The summed E-state index contributed by atoms with van der Waals surface area (Å²) in [4.78, 5) is 3.63. The van der Waals surface area contributed by atoms with E-state index in [0.29, 0.717) is 0 Å². The normalized spacial score (nSPS) is 15.6. The molecule has 1 N–H and O–H groups in total. The third-order valence-corrected chi connectivity index (χ3v) is 2.50. The number of ether oxygens (including phenoxy) is 1. The van der Waals surface area contributed by atoms with Gasteiger partial charge in [-0.3, -0.25) is 4.98 Å². The SMILES string of the molecule is COCCC(C)(O)c1cnccc1C(F)(F)F. The van der Waals surface area contributed by atoms with E-state index >= 15 is 0 Å². The summed E-state index contributed by atoms with van der Waals surface area (Å²) in [6.45, 7) is 1.48. The summed E-state index contributed by atoms with van der Waals surface area (Å²) in [5.41, 5.74) is -2.71. The van der Waals surface area contributed by atoms with Gasteiger partial charge in [0, 0.05) is 38.1 Å². The molecule has 17 heavy (non-hydrogen) atoms. The van der Waals surface area contributed by atoms with Crippen LogP contribution >= 0.6 is 0 Å². The second kappa shape index (κ2) is 5.01. The molecule has 0 aliphatic carbocycles. The van der Waals surface area contributed by atoms with E-state index in [2.05, 4.69) is 4.98 Å². The quantitative estimate of drug-likeness (QED) is 0.890. The van der Waals surface area contributed by atoms with Crippen LogP contribution in [0.4, 0.5) is 13.2 Å². The molecule has 0 radical (unpaired) electrons. The zero-order valence-electron chi connectivity index (χ0n) is 9.58. The van der Waals surface area contributed by atoms with Gasteiger partial charge < -0.3 is 9.84 Å². The van der Waals surface area contributed by atoms with Crippen molar-refractivity contribution in [3.63, 3.8) is 0 Å². The number of aliphatic hydroxyl groups is 1. The van der Waals surface area contributed by atoms with Crippen LogP contribution in [0.5, 0.6) is 0 Å². The van der Waals surface area contributed by atoms with E-state index in [1.165, 1.54) is 14.0 Å². The summed E-state index contributed by atoms with van der Waals surface area (Å²) in [5.74, 6) is 0. The lowest BCUT2D eigenvalue weighted by Crippen LogP contribution is -2.27. The molecule has 0 aliphatic heterocycles. The van der Waals surface area contributed by atoms with E-state index in [4.69, 9.17) is 4.74 Å². The van der Waals surface area contributed by atoms with Crippen molar-refractivity contribution in [3.8, 4) is 0 Å². The van der Waals surface area contributed by atoms with Crippen LogP contribution in [0.2, 0.25) is 0 Å². The van der Waals surface area contributed by atoms with E-state index in [0.717, 1.165) is 18.5 Å². The number of rotatable bonds is 4. The Bertz CT molecular complexity index is 377. The molecule has 1 unspecified atom stereocenters. The van der Waals surface area contributed by atoms with Crippen molar-refractivity contribution in [2.45, 2.75) is 25.1 Å². The van der Waals surface area contributed by atoms with Gasteiger partial charge in [0.2, 0.25) is 0 Å². The molecule has 0 spiro atoms. The second-order valence-corrected chi connectivity index (χ2v) is 3.94. The monoisotopic (exact) mass is 249 g/mol. The van der Waals surface area contributed by atoms with Gasteiger partial charge in [-0.25, -0.2) is 0 Å². The number of halogens is 3. The molecule has 1 rings (SSSR count). The van der Waals surface area contributed by atoms with E-state index < -0.39 is 17.3 Å². The number of methoxy groups -OCH3 is 1. The zero-order chi connectivity index (χ0) is 13.1. The molecule has 0 saturated carbocycles. The maximum atomic E-state index is 12.7. The summed E-state index contributed by atoms with van der Waals surface area (Å²) in [7, 11) is 1.42. The summed E-state index contributed by atoms with van der Waals surface area (Å²) in [6, 6.07) is 0.858. The topological polar surface area (TPSA) is 42.4 Å². The van der Waals surface area contributed by atoms with E-state index in [1.807, 2.05) is 0 Å². The van der Waals surface area contributed by atoms with Crippen molar-refractivity contribution in [2.24, 2.45) is 0 Å². The third kappa shape index (κ3) is 3.41. The fourth-order valence-corrected chi connectivity index (χ4v) is 1.51. The minimum absolute atomic E-state index is 0.0677. The first kappa shape index (κ1) is 13.9. The largest absolute Gasteiger partial charge is 0.416 e. The molecule has 0 bridgehead atoms. The highest BCUT2D eigenvalue weighted by Crippen LogP contribution is 2.37. The predicted octanol–water partition coefficient (Wildman–Crippen LogP) is 2.34. The molecule has 96 valence electrons. The summed E-state index contributed by atoms with van der Waals surface area (Å²) >= 11 is 0. The highest BCUT2D eigenvalue weighted by atomic mass is 19.4.